The molecule has 0 atom stereocenters. The molecule has 1 aromatic carbocycles. The number of piperazine rings is 1. The number of carbonyl (C=O) groups excluding carboxylic acids is 2. The largest absolute Gasteiger partial charge is 0.497 e. The first-order valence-electron chi connectivity index (χ1n) is 11.3. The zero-order chi connectivity index (χ0) is 20.9. The molecule has 0 spiro atoms. The number of hydrogen-bond donors (Lipinski definition) is 0. The van der Waals surface area contributed by atoms with Crippen LogP contribution in [-0.4, -0.2) is 62.0 Å². The summed E-state index contributed by atoms with van der Waals surface area (Å²) in [7, 11) is 3.16. The van der Waals surface area contributed by atoms with E-state index in [1.54, 1.807) is 32.4 Å². The molecule has 6 rings (SSSR count). The summed E-state index contributed by atoms with van der Waals surface area (Å²) in [4.78, 5) is 30.5. The quantitative estimate of drug-likeness (QED) is 0.762. The predicted molar refractivity (Wildman–Crippen MR) is 113 cm³/mol. The summed E-state index contributed by atoms with van der Waals surface area (Å²) in [5.41, 5.74) is 0.466. The van der Waals surface area contributed by atoms with Crippen LogP contribution in [0.1, 0.15) is 48.9 Å². The smallest absolute Gasteiger partial charge is 0.254 e. The first kappa shape index (κ1) is 19.7. The molecule has 4 aliphatic carbocycles. The van der Waals surface area contributed by atoms with Gasteiger partial charge in [-0.05, 0) is 68.4 Å². The fourth-order valence-corrected chi connectivity index (χ4v) is 6.93. The number of ether oxygens (including phenoxy) is 2. The van der Waals surface area contributed by atoms with Gasteiger partial charge in [0, 0.05) is 37.8 Å². The average Bonchev–Trinajstić information content (AvgIpc) is 2.77. The van der Waals surface area contributed by atoms with Crippen LogP contribution in [0.2, 0.25) is 0 Å². The number of amides is 2. The normalized spacial score (nSPS) is 32.3. The molecule has 1 aromatic rings. The van der Waals surface area contributed by atoms with Gasteiger partial charge in [-0.25, -0.2) is 0 Å². The van der Waals surface area contributed by atoms with E-state index < -0.39 is 0 Å². The molecule has 2 amide bonds. The molecule has 30 heavy (non-hydrogen) atoms. The molecule has 5 fully saturated rings. The fraction of sp³-hybridized carbons (Fsp3) is 0.667. The lowest BCUT2D eigenvalue weighted by Crippen LogP contribution is -2.58. The Labute approximate surface area is 178 Å². The van der Waals surface area contributed by atoms with E-state index in [0.717, 1.165) is 37.0 Å². The summed E-state index contributed by atoms with van der Waals surface area (Å²) < 4.78 is 10.6. The van der Waals surface area contributed by atoms with Crippen molar-refractivity contribution in [3.8, 4) is 11.5 Å². The monoisotopic (exact) mass is 412 g/mol. The van der Waals surface area contributed by atoms with Gasteiger partial charge in [0.05, 0.1) is 19.6 Å². The second-order valence-corrected chi connectivity index (χ2v) is 9.88. The van der Waals surface area contributed by atoms with Crippen LogP contribution in [0, 0.1) is 23.2 Å². The van der Waals surface area contributed by atoms with Gasteiger partial charge < -0.3 is 19.3 Å². The average molecular weight is 413 g/mol. The van der Waals surface area contributed by atoms with Crippen molar-refractivity contribution in [3.05, 3.63) is 23.8 Å². The highest BCUT2D eigenvalue weighted by Gasteiger charge is 2.55. The molecular formula is C24H32N2O4. The van der Waals surface area contributed by atoms with Crippen molar-refractivity contribution in [2.75, 3.05) is 40.4 Å². The van der Waals surface area contributed by atoms with Crippen molar-refractivity contribution >= 4 is 11.8 Å². The van der Waals surface area contributed by atoms with E-state index >= 15 is 0 Å². The molecule has 4 saturated carbocycles. The summed E-state index contributed by atoms with van der Waals surface area (Å²) >= 11 is 0. The number of methoxy groups -OCH3 is 2. The summed E-state index contributed by atoms with van der Waals surface area (Å²) in [5, 5.41) is 0. The second-order valence-electron chi connectivity index (χ2n) is 9.88. The lowest BCUT2D eigenvalue weighted by molar-refractivity contribution is -0.159. The molecule has 6 heteroatoms. The maximum absolute atomic E-state index is 13.6. The Kier molecular flexibility index (Phi) is 4.91. The fourth-order valence-electron chi connectivity index (χ4n) is 6.93. The van der Waals surface area contributed by atoms with E-state index in [9.17, 15) is 9.59 Å². The molecule has 5 aliphatic rings. The van der Waals surface area contributed by atoms with E-state index in [2.05, 4.69) is 0 Å². The standard InChI is InChI=1S/C24H32N2O4/c1-29-20-10-19(11-21(12-20)30-2)22(27)25-3-5-26(6-4-25)23(28)24-13-16-7-17(14-24)9-18(8-16)15-24/h10-12,16-18H,3-9,13-15H2,1-2H3. The minimum atomic E-state index is -0.0961. The van der Waals surface area contributed by atoms with Crippen LogP contribution in [0.4, 0.5) is 0 Å². The molecule has 0 radical (unpaired) electrons. The van der Waals surface area contributed by atoms with E-state index in [0.29, 0.717) is 49.1 Å². The molecule has 162 valence electrons. The summed E-state index contributed by atoms with van der Waals surface area (Å²) in [6.45, 7) is 2.42. The molecule has 1 aliphatic heterocycles. The van der Waals surface area contributed by atoms with E-state index in [4.69, 9.17) is 9.47 Å². The number of rotatable bonds is 4. The SMILES string of the molecule is COc1cc(OC)cc(C(=O)N2CCN(C(=O)C34CC5CC(CC(C5)C3)C4)CC2)c1. The highest BCUT2D eigenvalue weighted by atomic mass is 16.5. The molecular weight excluding hydrogens is 380 g/mol. The van der Waals surface area contributed by atoms with Crippen LogP contribution in [0.15, 0.2) is 18.2 Å². The minimum Gasteiger partial charge on any atom is -0.497 e. The van der Waals surface area contributed by atoms with Crippen molar-refractivity contribution in [1.82, 2.24) is 9.80 Å². The van der Waals surface area contributed by atoms with Crippen molar-refractivity contribution < 1.29 is 19.1 Å². The Morgan fingerprint density at radius 3 is 1.73 bits per heavy atom. The number of nitrogens with zero attached hydrogens (tertiary/aromatic N) is 2. The predicted octanol–water partition coefficient (Wildman–Crippen LogP) is 3.20. The highest BCUT2D eigenvalue weighted by molar-refractivity contribution is 5.95. The number of benzene rings is 1. The maximum atomic E-state index is 13.6. The van der Waals surface area contributed by atoms with Crippen molar-refractivity contribution in [2.24, 2.45) is 23.2 Å². The highest BCUT2D eigenvalue weighted by Crippen LogP contribution is 2.60. The number of carbonyl (C=O) groups is 2. The zero-order valence-electron chi connectivity index (χ0n) is 18.1. The Morgan fingerprint density at radius 2 is 1.27 bits per heavy atom. The molecule has 0 unspecified atom stereocenters. The Bertz CT molecular complexity index is 786. The minimum absolute atomic E-state index is 0.0332. The third-order valence-corrected chi connectivity index (χ3v) is 7.94. The summed E-state index contributed by atoms with van der Waals surface area (Å²) in [6, 6.07) is 5.26. The van der Waals surface area contributed by atoms with Crippen LogP contribution < -0.4 is 9.47 Å². The maximum Gasteiger partial charge on any atom is 0.254 e. The van der Waals surface area contributed by atoms with Gasteiger partial charge in [-0.3, -0.25) is 9.59 Å². The summed E-state index contributed by atoms with van der Waals surface area (Å²) in [5.74, 6) is 3.86. The molecule has 6 nitrogen and oxygen atoms in total. The molecule has 4 bridgehead atoms. The van der Waals surface area contributed by atoms with Gasteiger partial charge in [0.25, 0.3) is 5.91 Å². The first-order valence-corrected chi connectivity index (χ1v) is 11.3. The third kappa shape index (κ3) is 3.34. The van der Waals surface area contributed by atoms with Crippen LogP contribution in [0.25, 0.3) is 0 Å². The van der Waals surface area contributed by atoms with Crippen LogP contribution in [-0.2, 0) is 4.79 Å². The van der Waals surface area contributed by atoms with Crippen LogP contribution in [0.5, 0.6) is 11.5 Å². The molecule has 1 saturated heterocycles. The number of hydrogen-bond acceptors (Lipinski definition) is 4. The zero-order valence-corrected chi connectivity index (χ0v) is 18.1. The Hall–Kier alpha value is -2.24. The Balaban J connectivity index is 1.25. The topological polar surface area (TPSA) is 59.1 Å². The van der Waals surface area contributed by atoms with E-state index in [1.165, 1.54) is 19.3 Å². The lowest BCUT2D eigenvalue weighted by atomic mass is 9.49. The van der Waals surface area contributed by atoms with Gasteiger partial charge in [-0.2, -0.15) is 0 Å². The van der Waals surface area contributed by atoms with Gasteiger partial charge in [0.2, 0.25) is 5.91 Å². The second kappa shape index (κ2) is 7.47. The van der Waals surface area contributed by atoms with E-state index in [-0.39, 0.29) is 11.3 Å². The van der Waals surface area contributed by atoms with Gasteiger partial charge in [0.1, 0.15) is 11.5 Å². The van der Waals surface area contributed by atoms with E-state index in [1.807, 2.05) is 9.80 Å². The van der Waals surface area contributed by atoms with Gasteiger partial charge >= 0.3 is 0 Å². The lowest BCUT2D eigenvalue weighted by Gasteiger charge is -2.57. The van der Waals surface area contributed by atoms with Gasteiger partial charge in [0.15, 0.2) is 0 Å². The Morgan fingerprint density at radius 1 is 0.800 bits per heavy atom. The van der Waals surface area contributed by atoms with Crippen LogP contribution >= 0.6 is 0 Å². The molecule has 0 aromatic heterocycles. The molecule has 1 heterocycles. The van der Waals surface area contributed by atoms with Crippen molar-refractivity contribution in [3.63, 3.8) is 0 Å². The summed E-state index contributed by atoms with van der Waals surface area (Å²) in [6.07, 6.45) is 7.33. The first-order chi connectivity index (χ1) is 14.5. The van der Waals surface area contributed by atoms with Crippen LogP contribution in [0.3, 0.4) is 0 Å². The third-order valence-electron chi connectivity index (χ3n) is 7.94. The van der Waals surface area contributed by atoms with Crippen molar-refractivity contribution in [1.29, 1.82) is 0 Å². The van der Waals surface area contributed by atoms with Crippen molar-refractivity contribution in [2.45, 2.75) is 38.5 Å². The van der Waals surface area contributed by atoms with Gasteiger partial charge in [-0.1, -0.05) is 0 Å². The van der Waals surface area contributed by atoms with Gasteiger partial charge in [-0.15, -0.1) is 0 Å². The molecule has 0 N–H and O–H groups in total.